The van der Waals surface area contributed by atoms with Crippen molar-refractivity contribution in [3.8, 4) is 0 Å². The van der Waals surface area contributed by atoms with Crippen LogP contribution in [0.25, 0.3) is 0 Å². The quantitative estimate of drug-likeness (QED) is 0.847. The molecule has 0 aliphatic carbocycles. The zero-order chi connectivity index (χ0) is 15.9. The second-order valence-electron chi connectivity index (χ2n) is 5.63. The second kappa shape index (κ2) is 7.94. The molecular weight excluding hydrogens is 278 g/mol. The van der Waals surface area contributed by atoms with Crippen molar-refractivity contribution in [2.75, 3.05) is 25.0 Å². The van der Waals surface area contributed by atoms with Gasteiger partial charge in [0.05, 0.1) is 0 Å². The summed E-state index contributed by atoms with van der Waals surface area (Å²) >= 11 is 0. The molecule has 0 saturated carbocycles. The zero-order valence-corrected chi connectivity index (χ0v) is 13.4. The average molecular weight is 303 g/mol. The summed E-state index contributed by atoms with van der Waals surface area (Å²) in [6.07, 6.45) is 2.36. The average Bonchev–Trinajstić information content (AvgIpc) is 3.06. The number of anilines is 1. The Morgan fingerprint density at radius 2 is 2.18 bits per heavy atom. The molecule has 1 aliphatic rings. The van der Waals surface area contributed by atoms with E-state index in [4.69, 9.17) is 0 Å². The van der Waals surface area contributed by atoms with Crippen LogP contribution in [-0.2, 0) is 4.79 Å². The number of hydrogen-bond acceptors (Lipinski definition) is 3. The third-order valence-corrected chi connectivity index (χ3v) is 3.91. The van der Waals surface area contributed by atoms with Gasteiger partial charge in [0.1, 0.15) is 0 Å². The highest BCUT2D eigenvalue weighted by molar-refractivity contribution is 5.97. The van der Waals surface area contributed by atoms with Crippen molar-refractivity contribution in [2.45, 2.75) is 39.2 Å². The summed E-state index contributed by atoms with van der Waals surface area (Å²) in [5, 5.41) is 6.12. The number of amides is 2. The van der Waals surface area contributed by atoms with Crippen LogP contribution >= 0.6 is 0 Å². The monoisotopic (exact) mass is 303 g/mol. The van der Waals surface area contributed by atoms with E-state index in [1.165, 1.54) is 0 Å². The summed E-state index contributed by atoms with van der Waals surface area (Å²) in [5.41, 5.74) is 1.31. The van der Waals surface area contributed by atoms with Crippen molar-refractivity contribution < 1.29 is 9.59 Å². The van der Waals surface area contributed by atoms with E-state index in [0.29, 0.717) is 17.7 Å². The third kappa shape index (κ3) is 4.07. The first kappa shape index (κ1) is 16.5. The van der Waals surface area contributed by atoms with Gasteiger partial charge in [-0.2, -0.15) is 0 Å². The van der Waals surface area contributed by atoms with Crippen molar-refractivity contribution in [3.63, 3.8) is 0 Å². The molecule has 1 saturated heterocycles. The van der Waals surface area contributed by atoms with E-state index in [9.17, 15) is 9.59 Å². The van der Waals surface area contributed by atoms with Gasteiger partial charge in [0.15, 0.2) is 0 Å². The first-order chi connectivity index (χ1) is 10.7. The summed E-state index contributed by atoms with van der Waals surface area (Å²) in [6, 6.07) is 7.47. The van der Waals surface area contributed by atoms with Gasteiger partial charge < -0.3 is 15.5 Å². The van der Waals surface area contributed by atoms with Gasteiger partial charge in [-0.3, -0.25) is 9.59 Å². The Morgan fingerprint density at radius 3 is 2.82 bits per heavy atom. The summed E-state index contributed by atoms with van der Waals surface area (Å²) in [7, 11) is 0. The van der Waals surface area contributed by atoms with Crippen molar-refractivity contribution in [1.82, 2.24) is 10.2 Å². The lowest BCUT2D eigenvalue weighted by Gasteiger charge is -2.28. The Morgan fingerprint density at radius 1 is 1.36 bits per heavy atom. The molecule has 0 bridgehead atoms. The minimum Gasteiger partial charge on any atom is -0.334 e. The SMILES string of the molecule is CCCN(C(=O)c1cccc(NC(=O)CC)c1)C1CCNC1. The highest BCUT2D eigenvalue weighted by Crippen LogP contribution is 2.17. The summed E-state index contributed by atoms with van der Waals surface area (Å²) in [4.78, 5) is 26.3. The Kier molecular flexibility index (Phi) is 5.95. The molecule has 1 aromatic rings. The summed E-state index contributed by atoms with van der Waals surface area (Å²) in [5.74, 6) is -0.00171. The topological polar surface area (TPSA) is 61.4 Å². The van der Waals surface area contributed by atoms with Gasteiger partial charge in [0, 0.05) is 36.8 Å². The van der Waals surface area contributed by atoms with Crippen molar-refractivity contribution >= 4 is 17.5 Å². The van der Waals surface area contributed by atoms with Crippen LogP contribution in [0.1, 0.15) is 43.5 Å². The fraction of sp³-hybridized carbons (Fsp3) is 0.529. The van der Waals surface area contributed by atoms with Gasteiger partial charge in [-0.05, 0) is 37.6 Å². The molecule has 0 spiro atoms. The lowest BCUT2D eigenvalue weighted by molar-refractivity contribution is -0.115. The van der Waals surface area contributed by atoms with Gasteiger partial charge in [0.25, 0.3) is 5.91 Å². The van der Waals surface area contributed by atoms with E-state index in [-0.39, 0.29) is 17.9 Å². The molecule has 5 nitrogen and oxygen atoms in total. The van der Waals surface area contributed by atoms with Gasteiger partial charge in [-0.1, -0.05) is 19.9 Å². The molecule has 1 heterocycles. The van der Waals surface area contributed by atoms with Gasteiger partial charge in [-0.15, -0.1) is 0 Å². The minimum absolute atomic E-state index is 0.0446. The molecule has 1 unspecified atom stereocenters. The number of nitrogens with one attached hydrogen (secondary N) is 2. The van der Waals surface area contributed by atoms with Gasteiger partial charge in [-0.25, -0.2) is 0 Å². The molecule has 120 valence electrons. The number of hydrogen-bond donors (Lipinski definition) is 2. The highest BCUT2D eigenvalue weighted by atomic mass is 16.2. The number of benzene rings is 1. The molecule has 2 N–H and O–H groups in total. The Labute approximate surface area is 132 Å². The van der Waals surface area contributed by atoms with Crippen LogP contribution in [-0.4, -0.2) is 42.4 Å². The number of nitrogens with zero attached hydrogens (tertiary/aromatic N) is 1. The van der Waals surface area contributed by atoms with Crippen LogP contribution in [0, 0.1) is 0 Å². The van der Waals surface area contributed by atoms with Gasteiger partial charge in [0.2, 0.25) is 5.91 Å². The van der Waals surface area contributed by atoms with Crippen molar-refractivity contribution in [3.05, 3.63) is 29.8 Å². The van der Waals surface area contributed by atoms with Crippen LogP contribution < -0.4 is 10.6 Å². The smallest absolute Gasteiger partial charge is 0.254 e. The van der Waals surface area contributed by atoms with E-state index >= 15 is 0 Å². The molecule has 1 fully saturated rings. The molecule has 1 atom stereocenters. The Balaban J connectivity index is 2.15. The van der Waals surface area contributed by atoms with E-state index in [1.54, 1.807) is 13.0 Å². The van der Waals surface area contributed by atoms with E-state index in [0.717, 1.165) is 32.5 Å². The van der Waals surface area contributed by atoms with E-state index in [2.05, 4.69) is 17.6 Å². The maximum Gasteiger partial charge on any atom is 0.254 e. The second-order valence-corrected chi connectivity index (χ2v) is 5.63. The molecule has 1 aromatic carbocycles. The van der Waals surface area contributed by atoms with Crippen LogP contribution in [0.3, 0.4) is 0 Å². The fourth-order valence-corrected chi connectivity index (χ4v) is 2.74. The number of carbonyl (C=O) groups is 2. The molecular formula is C17H25N3O2. The molecule has 0 radical (unpaired) electrons. The van der Waals surface area contributed by atoms with E-state index in [1.807, 2.05) is 23.1 Å². The van der Waals surface area contributed by atoms with E-state index < -0.39 is 0 Å². The third-order valence-electron chi connectivity index (χ3n) is 3.91. The first-order valence-electron chi connectivity index (χ1n) is 8.07. The minimum atomic E-state index is -0.0463. The lowest BCUT2D eigenvalue weighted by atomic mass is 10.1. The van der Waals surface area contributed by atoms with Crippen LogP contribution in [0.5, 0.6) is 0 Å². The van der Waals surface area contributed by atoms with Crippen LogP contribution in [0.2, 0.25) is 0 Å². The molecule has 0 aromatic heterocycles. The standard InChI is InChI=1S/C17H25N3O2/c1-3-10-20(15-8-9-18-12-15)17(22)13-6-5-7-14(11-13)19-16(21)4-2/h5-7,11,15,18H,3-4,8-10,12H2,1-2H3,(H,19,21). The first-order valence-corrected chi connectivity index (χ1v) is 8.07. The zero-order valence-electron chi connectivity index (χ0n) is 13.4. The highest BCUT2D eigenvalue weighted by Gasteiger charge is 2.26. The largest absolute Gasteiger partial charge is 0.334 e. The summed E-state index contributed by atoms with van der Waals surface area (Å²) in [6.45, 7) is 6.47. The molecule has 5 heteroatoms. The molecule has 22 heavy (non-hydrogen) atoms. The maximum absolute atomic E-state index is 12.8. The fourth-order valence-electron chi connectivity index (χ4n) is 2.74. The predicted molar refractivity (Wildman–Crippen MR) is 88.0 cm³/mol. The number of carbonyl (C=O) groups excluding carboxylic acids is 2. The summed E-state index contributed by atoms with van der Waals surface area (Å²) < 4.78 is 0. The lowest BCUT2D eigenvalue weighted by Crippen LogP contribution is -2.42. The maximum atomic E-state index is 12.8. The van der Waals surface area contributed by atoms with Crippen LogP contribution in [0.15, 0.2) is 24.3 Å². The normalized spacial score (nSPS) is 17.3. The van der Waals surface area contributed by atoms with Crippen molar-refractivity contribution in [2.24, 2.45) is 0 Å². The number of rotatable bonds is 6. The van der Waals surface area contributed by atoms with Crippen molar-refractivity contribution in [1.29, 1.82) is 0 Å². The predicted octanol–water partition coefficient (Wildman–Crippen LogP) is 2.25. The molecule has 1 aliphatic heterocycles. The van der Waals surface area contributed by atoms with Gasteiger partial charge >= 0.3 is 0 Å². The van der Waals surface area contributed by atoms with Crippen LogP contribution in [0.4, 0.5) is 5.69 Å². The molecule has 2 rings (SSSR count). The Hall–Kier alpha value is -1.88. The Bertz CT molecular complexity index is 524. The molecule has 2 amide bonds.